The van der Waals surface area contributed by atoms with Crippen molar-refractivity contribution >= 4 is 35.0 Å². The smallest absolute Gasteiger partial charge is 0.0855 e. The van der Waals surface area contributed by atoms with E-state index >= 15 is 0 Å². The Balaban J connectivity index is 2.99. The molecular formula is C10H9Cl2NS. The van der Waals surface area contributed by atoms with Crippen molar-refractivity contribution in [2.24, 2.45) is 0 Å². The topological polar surface area (TPSA) is 23.8 Å². The molecule has 0 N–H and O–H groups in total. The fourth-order valence-corrected chi connectivity index (χ4v) is 2.38. The van der Waals surface area contributed by atoms with Crippen LogP contribution in [0.1, 0.15) is 12.5 Å². The minimum Gasteiger partial charge on any atom is -0.197 e. The minimum absolute atomic E-state index is 0.390. The molecule has 0 unspecified atom stereocenters. The lowest BCUT2D eigenvalue weighted by atomic mass is 10.2. The van der Waals surface area contributed by atoms with Crippen LogP contribution >= 0.6 is 35.0 Å². The molecule has 0 aliphatic heterocycles. The van der Waals surface area contributed by atoms with Gasteiger partial charge < -0.3 is 0 Å². The van der Waals surface area contributed by atoms with Crippen molar-refractivity contribution in [1.29, 1.82) is 5.26 Å². The van der Waals surface area contributed by atoms with E-state index in [1.54, 1.807) is 0 Å². The number of halogens is 2. The highest BCUT2D eigenvalue weighted by Gasteiger charge is 2.08. The summed E-state index contributed by atoms with van der Waals surface area (Å²) in [4.78, 5) is 0.871. The molecule has 0 saturated heterocycles. The van der Waals surface area contributed by atoms with Gasteiger partial charge in [0.25, 0.3) is 0 Å². The molecule has 1 aromatic carbocycles. The molecular weight excluding hydrogens is 237 g/mol. The van der Waals surface area contributed by atoms with Crippen molar-refractivity contribution in [2.75, 3.05) is 5.75 Å². The van der Waals surface area contributed by atoms with Gasteiger partial charge in [-0.15, -0.1) is 11.8 Å². The van der Waals surface area contributed by atoms with E-state index in [2.05, 4.69) is 6.07 Å². The lowest BCUT2D eigenvalue weighted by Gasteiger charge is -2.07. The quantitative estimate of drug-likeness (QED) is 0.747. The summed E-state index contributed by atoms with van der Waals surface area (Å²) in [6.45, 7) is 2.03. The largest absolute Gasteiger partial charge is 0.197 e. The Hall–Kier alpha value is -0.360. The Bertz CT molecular complexity index is 371. The molecule has 14 heavy (non-hydrogen) atoms. The number of benzene rings is 1. The van der Waals surface area contributed by atoms with Gasteiger partial charge >= 0.3 is 0 Å². The first-order valence-electron chi connectivity index (χ1n) is 4.17. The average Bonchev–Trinajstić information content (AvgIpc) is 2.20. The first kappa shape index (κ1) is 11.7. The molecule has 0 fully saturated rings. The SMILES string of the molecule is CCc1ccc(SCC#N)c(Cl)c1Cl. The normalized spacial score (nSPS) is 9.86. The van der Waals surface area contributed by atoms with E-state index in [0.29, 0.717) is 15.8 Å². The fourth-order valence-electron chi connectivity index (χ4n) is 1.07. The van der Waals surface area contributed by atoms with Gasteiger partial charge in [0, 0.05) is 4.90 Å². The molecule has 1 aromatic rings. The molecule has 0 radical (unpaired) electrons. The van der Waals surface area contributed by atoms with Crippen LogP contribution in [-0.2, 0) is 6.42 Å². The maximum absolute atomic E-state index is 8.44. The monoisotopic (exact) mass is 245 g/mol. The average molecular weight is 246 g/mol. The molecule has 0 heterocycles. The van der Waals surface area contributed by atoms with Gasteiger partial charge in [-0.3, -0.25) is 0 Å². The zero-order valence-corrected chi connectivity index (χ0v) is 10.0. The second-order valence-corrected chi connectivity index (χ2v) is 4.42. The van der Waals surface area contributed by atoms with Crippen molar-refractivity contribution in [3.05, 3.63) is 27.7 Å². The van der Waals surface area contributed by atoms with E-state index in [1.807, 2.05) is 19.1 Å². The van der Waals surface area contributed by atoms with E-state index in [1.165, 1.54) is 11.8 Å². The molecule has 1 rings (SSSR count). The van der Waals surface area contributed by atoms with E-state index < -0.39 is 0 Å². The predicted molar refractivity (Wildman–Crippen MR) is 62.2 cm³/mol. The second-order valence-electron chi connectivity index (χ2n) is 2.65. The summed E-state index contributed by atoms with van der Waals surface area (Å²) in [5, 5.41) is 9.61. The molecule has 0 aliphatic rings. The van der Waals surface area contributed by atoms with Crippen LogP contribution in [0.25, 0.3) is 0 Å². The van der Waals surface area contributed by atoms with Gasteiger partial charge in [0.2, 0.25) is 0 Å². The molecule has 0 spiro atoms. The molecule has 1 nitrogen and oxygen atoms in total. The molecule has 0 saturated carbocycles. The summed E-state index contributed by atoms with van der Waals surface area (Å²) in [7, 11) is 0. The summed E-state index contributed by atoms with van der Waals surface area (Å²) >= 11 is 13.5. The highest BCUT2D eigenvalue weighted by Crippen LogP contribution is 2.35. The maximum atomic E-state index is 8.44. The first-order valence-corrected chi connectivity index (χ1v) is 5.91. The minimum atomic E-state index is 0.390. The summed E-state index contributed by atoms with van der Waals surface area (Å²) in [5.74, 6) is 0.390. The number of aryl methyl sites for hydroxylation is 1. The third-order valence-corrected chi connectivity index (χ3v) is 3.76. The van der Waals surface area contributed by atoms with Crippen LogP contribution < -0.4 is 0 Å². The van der Waals surface area contributed by atoms with Crippen LogP contribution in [0.2, 0.25) is 10.0 Å². The van der Waals surface area contributed by atoms with Crippen molar-refractivity contribution < 1.29 is 0 Å². The highest BCUT2D eigenvalue weighted by molar-refractivity contribution is 7.99. The van der Waals surface area contributed by atoms with E-state index in [-0.39, 0.29) is 0 Å². The number of hydrogen-bond donors (Lipinski definition) is 0. The van der Waals surface area contributed by atoms with Crippen molar-refractivity contribution in [3.63, 3.8) is 0 Å². The van der Waals surface area contributed by atoms with E-state index in [9.17, 15) is 0 Å². The van der Waals surface area contributed by atoms with Crippen molar-refractivity contribution in [2.45, 2.75) is 18.2 Å². The number of thioether (sulfide) groups is 1. The maximum Gasteiger partial charge on any atom is 0.0855 e. The molecule has 0 amide bonds. The van der Waals surface area contributed by atoms with E-state index in [0.717, 1.165) is 16.9 Å². The third kappa shape index (κ3) is 2.57. The Morgan fingerprint density at radius 2 is 2.07 bits per heavy atom. The van der Waals surface area contributed by atoms with Crippen LogP contribution in [0.5, 0.6) is 0 Å². The van der Waals surface area contributed by atoms with Crippen LogP contribution in [0, 0.1) is 11.3 Å². The molecule has 74 valence electrons. The van der Waals surface area contributed by atoms with Gasteiger partial charge in [0.05, 0.1) is 21.9 Å². The van der Waals surface area contributed by atoms with E-state index in [4.69, 9.17) is 28.5 Å². The van der Waals surface area contributed by atoms with Crippen molar-refractivity contribution in [1.82, 2.24) is 0 Å². The lowest BCUT2D eigenvalue weighted by molar-refractivity contribution is 1.13. The lowest BCUT2D eigenvalue weighted by Crippen LogP contribution is -1.85. The number of hydrogen-bond acceptors (Lipinski definition) is 2. The molecule has 0 aliphatic carbocycles. The number of nitriles is 1. The Kier molecular flexibility index (Phi) is 4.60. The van der Waals surface area contributed by atoms with Crippen LogP contribution in [-0.4, -0.2) is 5.75 Å². The third-order valence-electron chi connectivity index (χ3n) is 1.80. The molecule has 0 atom stereocenters. The van der Waals surface area contributed by atoms with Crippen LogP contribution in [0.3, 0.4) is 0 Å². The van der Waals surface area contributed by atoms with Crippen LogP contribution in [0.15, 0.2) is 17.0 Å². The number of rotatable bonds is 3. The van der Waals surface area contributed by atoms with Gasteiger partial charge in [-0.2, -0.15) is 5.26 Å². The molecule has 4 heteroatoms. The van der Waals surface area contributed by atoms with Gasteiger partial charge in [-0.1, -0.05) is 36.2 Å². The summed E-state index contributed by atoms with van der Waals surface area (Å²) in [6.07, 6.45) is 0.863. The van der Waals surface area contributed by atoms with Gasteiger partial charge in [0.15, 0.2) is 0 Å². The standard InChI is InChI=1S/C10H9Cl2NS/c1-2-7-3-4-8(14-6-5-13)10(12)9(7)11/h3-4H,2,6H2,1H3. The van der Waals surface area contributed by atoms with Gasteiger partial charge in [0.1, 0.15) is 0 Å². The molecule has 0 bridgehead atoms. The predicted octanol–water partition coefficient (Wildman–Crippen LogP) is 4.17. The Labute approximate surface area is 98.0 Å². The zero-order valence-electron chi connectivity index (χ0n) is 7.68. The Morgan fingerprint density at radius 1 is 1.36 bits per heavy atom. The highest BCUT2D eigenvalue weighted by atomic mass is 35.5. The fraction of sp³-hybridized carbons (Fsp3) is 0.300. The molecule has 0 aromatic heterocycles. The summed E-state index contributed by atoms with van der Waals surface area (Å²) in [5.41, 5.74) is 1.04. The second kappa shape index (κ2) is 5.50. The first-order chi connectivity index (χ1) is 6.70. The summed E-state index contributed by atoms with van der Waals surface area (Å²) in [6, 6.07) is 5.92. The zero-order chi connectivity index (χ0) is 10.6. The number of nitrogens with zero attached hydrogens (tertiary/aromatic N) is 1. The Morgan fingerprint density at radius 3 is 2.64 bits per heavy atom. The summed E-state index contributed by atoms with van der Waals surface area (Å²) < 4.78 is 0. The van der Waals surface area contributed by atoms with Gasteiger partial charge in [-0.05, 0) is 18.1 Å². The van der Waals surface area contributed by atoms with Crippen molar-refractivity contribution in [3.8, 4) is 6.07 Å². The van der Waals surface area contributed by atoms with Gasteiger partial charge in [-0.25, -0.2) is 0 Å². The van der Waals surface area contributed by atoms with Crippen LogP contribution in [0.4, 0.5) is 0 Å².